The van der Waals surface area contributed by atoms with Crippen LogP contribution < -0.4 is 9.47 Å². The summed E-state index contributed by atoms with van der Waals surface area (Å²) in [5.41, 5.74) is -0.441. The van der Waals surface area contributed by atoms with Crippen LogP contribution in [-0.2, 0) is 23.9 Å². The highest BCUT2D eigenvalue weighted by atomic mass is 19.4. The molecule has 0 spiro atoms. The topological polar surface area (TPSA) is 141 Å². The van der Waals surface area contributed by atoms with E-state index in [2.05, 4.69) is 45.5 Å². The van der Waals surface area contributed by atoms with E-state index in [9.17, 15) is 37.7 Å². The molecule has 6 rings (SSSR count). The molecule has 0 heterocycles. The van der Waals surface area contributed by atoms with Gasteiger partial charge in [-0.3, -0.25) is 4.79 Å². The van der Waals surface area contributed by atoms with Crippen LogP contribution in [0, 0.1) is 60.4 Å². The summed E-state index contributed by atoms with van der Waals surface area (Å²) < 4.78 is 62.3. The third kappa shape index (κ3) is 7.47. The van der Waals surface area contributed by atoms with E-state index >= 15 is 0 Å². The molecular weight excluding hydrogens is 759 g/mol. The number of unbranched alkanes of at least 4 members (excludes halogenated alkanes) is 1. The molecule has 0 aliphatic heterocycles. The van der Waals surface area contributed by atoms with Crippen molar-refractivity contribution in [3.8, 4) is 11.5 Å². The Kier molecular flexibility index (Phi) is 11.6. The molecule has 14 heteroatoms. The van der Waals surface area contributed by atoms with Crippen LogP contribution in [0.2, 0.25) is 0 Å². The van der Waals surface area contributed by atoms with E-state index in [1.54, 1.807) is 6.07 Å². The second-order valence-corrected chi connectivity index (χ2v) is 19.8. The Morgan fingerprint density at radius 1 is 0.879 bits per heavy atom. The molecule has 0 amide bonds. The van der Waals surface area contributed by atoms with Gasteiger partial charge in [-0.2, -0.15) is 13.2 Å². The molecule has 4 fully saturated rings. The molecule has 4 saturated carbocycles. The molecule has 11 nitrogen and oxygen atoms in total. The van der Waals surface area contributed by atoms with Crippen molar-refractivity contribution in [2.45, 2.75) is 138 Å². The number of esters is 3. The summed E-state index contributed by atoms with van der Waals surface area (Å²) in [5, 5.41) is 9.46. The minimum Gasteiger partial charge on any atom is -0.493 e. The number of carbonyl (C=O) groups excluding carboxylic acids is 3. The Bertz CT molecular complexity index is 1830. The minimum absolute atomic E-state index is 0.00959. The highest BCUT2D eigenvalue weighted by Gasteiger charge is 2.70. The van der Waals surface area contributed by atoms with Gasteiger partial charge >= 0.3 is 24.1 Å². The van der Waals surface area contributed by atoms with E-state index < -0.39 is 40.1 Å². The predicted molar refractivity (Wildman–Crippen MR) is 206 cm³/mol. The molecule has 0 unspecified atom stereocenters. The van der Waals surface area contributed by atoms with Crippen LogP contribution in [0.5, 0.6) is 11.5 Å². The van der Waals surface area contributed by atoms with E-state index in [1.165, 1.54) is 24.8 Å². The fourth-order valence-electron chi connectivity index (χ4n) is 12.7. The van der Waals surface area contributed by atoms with Crippen LogP contribution >= 0.6 is 0 Å². The normalized spacial score (nSPS) is 34.7. The largest absolute Gasteiger partial charge is 0.493 e. The molecule has 8 atom stereocenters. The molecular formula is C44H60F3NO10. The highest BCUT2D eigenvalue weighted by molar-refractivity contribution is 5.90. The van der Waals surface area contributed by atoms with Gasteiger partial charge < -0.3 is 23.8 Å². The van der Waals surface area contributed by atoms with Crippen molar-refractivity contribution in [1.82, 2.24) is 0 Å². The first-order valence-electron chi connectivity index (χ1n) is 20.8. The van der Waals surface area contributed by atoms with Crippen LogP contribution in [-0.4, -0.2) is 55.6 Å². The first kappa shape index (κ1) is 43.7. The second kappa shape index (κ2) is 15.3. The van der Waals surface area contributed by atoms with Crippen molar-refractivity contribution in [1.29, 1.82) is 0 Å². The number of carbonyl (C=O) groups is 3. The molecule has 0 aromatic heterocycles. The van der Waals surface area contributed by atoms with Gasteiger partial charge in [-0.05, 0) is 135 Å². The number of halogens is 3. The van der Waals surface area contributed by atoms with Crippen LogP contribution in [0.15, 0.2) is 29.8 Å². The first-order valence-corrected chi connectivity index (χ1v) is 20.8. The van der Waals surface area contributed by atoms with Crippen LogP contribution in [0.25, 0.3) is 0 Å². The lowest BCUT2D eigenvalue weighted by atomic mass is 9.33. The predicted octanol–water partition coefficient (Wildman–Crippen LogP) is 10.0. The van der Waals surface area contributed by atoms with Gasteiger partial charge in [0.05, 0.1) is 31.3 Å². The number of alkyl halides is 3. The monoisotopic (exact) mass is 819 g/mol. The standard InChI is InChI=1S/C44H60F3NO10/c1-38(2)19-21-43(36(50)57-30-13-11-27(25-31(30)54-8)35(49)55-23-9-10-24-56-48(52)53)22-20-41(6)28(29(43)26-38)12-14-33-40(5)17-16-34(58-37(51)44(45,46)47)39(3,4)32(40)15-18-42(33,41)7/h11-13,25,29,32-34H,9-10,14-24,26H2,1-8H3/t29-,32-,33+,34-,40-,41+,42+,43-/m0/s1. The summed E-state index contributed by atoms with van der Waals surface area (Å²) in [6.45, 7) is 15.5. The molecule has 5 aliphatic carbocycles. The smallest absolute Gasteiger partial charge is 0.490 e. The van der Waals surface area contributed by atoms with E-state index in [4.69, 9.17) is 18.9 Å². The number of nitrogens with zero attached hydrogens (tertiary/aromatic N) is 1. The summed E-state index contributed by atoms with van der Waals surface area (Å²) in [6.07, 6.45) is 4.61. The van der Waals surface area contributed by atoms with Gasteiger partial charge in [0, 0.05) is 5.41 Å². The maximum absolute atomic E-state index is 14.8. The molecule has 0 N–H and O–H groups in total. The SMILES string of the molecule is COc1cc(C(=O)OCCCCO[N+](=O)[O-])ccc1OC(=O)[C@]12CCC(C)(C)C[C@H]1C1=CC[C@@H]3[C@@]4(C)CC[C@H](OC(=O)C(F)(F)F)C(C)(C)[C@@H]4CC[C@@]3(C)[C@]1(C)CC2. The van der Waals surface area contributed by atoms with Crippen LogP contribution in [0.4, 0.5) is 13.2 Å². The summed E-state index contributed by atoms with van der Waals surface area (Å²) in [7, 11) is 1.44. The Hall–Kier alpha value is -3.84. The third-order valence-electron chi connectivity index (χ3n) is 16.0. The van der Waals surface area contributed by atoms with E-state index in [0.717, 1.165) is 38.5 Å². The lowest BCUT2D eigenvalue weighted by molar-refractivity contribution is -0.757. The van der Waals surface area contributed by atoms with E-state index in [1.807, 2.05) is 13.8 Å². The van der Waals surface area contributed by atoms with Crippen molar-refractivity contribution < 1.29 is 56.4 Å². The zero-order chi connectivity index (χ0) is 42.7. The zero-order valence-electron chi connectivity index (χ0n) is 35.2. The number of methoxy groups -OCH3 is 1. The molecule has 0 bridgehead atoms. The van der Waals surface area contributed by atoms with E-state index in [-0.39, 0.29) is 75.7 Å². The minimum atomic E-state index is -5.03. The number of hydrogen-bond donors (Lipinski definition) is 0. The summed E-state index contributed by atoms with van der Waals surface area (Å²) in [6, 6.07) is 4.56. The number of ether oxygens (including phenoxy) is 4. The maximum atomic E-state index is 14.8. The first-order chi connectivity index (χ1) is 26.9. The van der Waals surface area contributed by atoms with Gasteiger partial charge in [0.25, 0.3) is 5.09 Å². The lowest BCUT2D eigenvalue weighted by Gasteiger charge is -2.71. The summed E-state index contributed by atoms with van der Waals surface area (Å²) >= 11 is 0. The molecule has 322 valence electrons. The highest BCUT2D eigenvalue weighted by Crippen LogP contribution is 2.76. The number of allylic oxidation sites excluding steroid dienone is 2. The molecule has 0 saturated heterocycles. The number of rotatable bonds is 11. The zero-order valence-corrected chi connectivity index (χ0v) is 35.2. The van der Waals surface area contributed by atoms with Crippen molar-refractivity contribution in [3.05, 3.63) is 45.5 Å². The number of fused-ring (bicyclic) bond motifs is 7. The average molecular weight is 820 g/mol. The molecule has 1 aromatic carbocycles. The molecule has 58 heavy (non-hydrogen) atoms. The number of benzene rings is 1. The van der Waals surface area contributed by atoms with Crippen molar-refractivity contribution >= 4 is 17.9 Å². The Balaban J connectivity index is 1.24. The van der Waals surface area contributed by atoms with Gasteiger partial charge in [0.1, 0.15) is 6.10 Å². The molecule has 1 aromatic rings. The molecule has 5 aliphatic rings. The van der Waals surface area contributed by atoms with Gasteiger partial charge in [0.2, 0.25) is 0 Å². The Labute approximate surface area is 339 Å². The fraction of sp³-hybridized carbons (Fsp3) is 0.750. The third-order valence-corrected chi connectivity index (χ3v) is 16.0. The van der Waals surface area contributed by atoms with Crippen LogP contribution in [0.1, 0.15) is 136 Å². The van der Waals surface area contributed by atoms with E-state index in [0.29, 0.717) is 38.5 Å². The van der Waals surface area contributed by atoms with Crippen LogP contribution in [0.3, 0.4) is 0 Å². The Morgan fingerprint density at radius 3 is 2.24 bits per heavy atom. The van der Waals surface area contributed by atoms with Crippen molar-refractivity contribution in [3.63, 3.8) is 0 Å². The maximum Gasteiger partial charge on any atom is 0.490 e. The van der Waals surface area contributed by atoms with Gasteiger partial charge in [0.15, 0.2) is 11.5 Å². The summed E-state index contributed by atoms with van der Waals surface area (Å²) in [5.74, 6) is -2.35. The van der Waals surface area contributed by atoms with Crippen molar-refractivity contribution in [2.24, 2.45) is 50.2 Å². The second-order valence-electron chi connectivity index (χ2n) is 19.8. The van der Waals surface area contributed by atoms with Gasteiger partial charge in [-0.25, -0.2) is 9.59 Å². The quantitative estimate of drug-likeness (QED) is 0.0529. The number of hydrogen-bond acceptors (Lipinski definition) is 10. The lowest BCUT2D eigenvalue weighted by Crippen LogP contribution is -2.65. The summed E-state index contributed by atoms with van der Waals surface area (Å²) in [4.78, 5) is 54.2. The Morgan fingerprint density at radius 2 is 1.57 bits per heavy atom. The van der Waals surface area contributed by atoms with Crippen molar-refractivity contribution in [2.75, 3.05) is 20.3 Å². The van der Waals surface area contributed by atoms with Gasteiger partial charge in [-0.1, -0.05) is 60.1 Å². The fourth-order valence-corrected chi connectivity index (χ4v) is 12.7. The average Bonchev–Trinajstić information content (AvgIpc) is 3.13. The molecule has 0 radical (unpaired) electrons. The van der Waals surface area contributed by atoms with Gasteiger partial charge in [-0.15, -0.1) is 10.1 Å².